The lowest BCUT2D eigenvalue weighted by atomic mass is 10.1. The van der Waals surface area contributed by atoms with Crippen molar-refractivity contribution in [2.24, 2.45) is 0 Å². The molecule has 0 saturated heterocycles. The van der Waals surface area contributed by atoms with Gasteiger partial charge in [0, 0.05) is 12.8 Å². The number of carbonyl (C=O) groups is 1. The highest BCUT2D eigenvalue weighted by Gasteiger charge is 2.27. The Hall–Kier alpha value is -1.62. The molecule has 0 aliphatic rings. The van der Waals surface area contributed by atoms with Gasteiger partial charge in [0.05, 0.1) is 5.69 Å². The van der Waals surface area contributed by atoms with Crippen molar-refractivity contribution >= 4 is 17.3 Å². The largest absolute Gasteiger partial charge is 0.399 e. The van der Waals surface area contributed by atoms with Crippen LogP contribution in [0.3, 0.4) is 0 Å². The second-order valence-corrected chi connectivity index (χ2v) is 3.91. The monoisotopic (exact) mass is 226 g/mol. The quantitative estimate of drug-likeness (QED) is 0.772. The van der Waals surface area contributed by atoms with E-state index in [1.807, 2.05) is 0 Å². The number of hydrogen-bond donors (Lipinski definition) is 2. The van der Waals surface area contributed by atoms with E-state index in [1.165, 1.54) is 25.3 Å². The van der Waals surface area contributed by atoms with Crippen molar-refractivity contribution < 1.29 is 13.9 Å². The standard InChI is InChI=1S/C11H15FN2O2/c1-11(2,16-3)10(15)14-9-6-7(13)4-5-8(9)12/h4-6H,13H2,1-3H3,(H,14,15). The lowest BCUT2D eigenvalue weighted by molar-refractivity contribution is -0.133. The highest BCUT2D eigenvalue weighted by Crippen LogP contribution is 2.19. The van der Waals surface area contributed by atoms with Crippen LogP contribution in [0.4, 0.5) is 15.8 Å². The number of nitrogens with one attached hydrogen (secondary N) is 1. The van der Waals surface area contributed by atoms with Crippen LogP contribution < -0.4 is 11.1 Å². The molecule has 0 aromatic heterocycles. The van der Waals surface area contributed by atoms with E-state index in [0.717, 1.165) is 0 Å². The summed E-state index contributed by atoms with van der Waals surface area (Å²) in [5, 5.41) is 2.42. The number of rotatable bonds is 3. The molecule has 1 aromatic carbocycles. The number of anilines is 2. The molecule has 0 aliphatic heterocycles. The SMILES string of the molecule is COC(C)(C)C(=O)Nc1cc(N)ccc1F. The number of halogens is 1. The van der Waals surface area contributed by atoms with Crippen molar-refractivity contribution in [2.75, 3.05) is 18.2 Å². The van der Waals surface area contributed by atoms with Gasteiger partial charge in [-0.05, 0) is 32.0 Å². The Balaban J connectivity index is 2.89. The van der Waals surface area contributed by atoms with Crippen molar-refractivity contribution in [3.8, 4) is 0 Å². The van der Waals surface area contributed by atoms with Crippen molar-refractivity contribution in [1.82, 2.24) is 0 Å². The fraction of sp³-hybridized carbons (Fsp3) is 0.364. The predicted octanol–water partition coefficient (Wildman–Crippen LogP) is 1.77. The average molecular weight is 226 g/mol. The summed E-state index contributed by atoms with van der Waals surface area (Å²) < 4.78 is 18.3. The second kappa shape index (κ2) is 4.49. The van der Waals surface area contributed by atoms with Gasteiger partial charge in [0.15, 0.2) is 0 Å². The summed E-state index contributed by atoms with van der Waals surface area (Å²) in [6, 6.07) is 3.98. The molecular weight excluding hydrogens is 211 g/mol. The molecule has 0 saturated carbocycles. The number of methoxy groups -OCH3 is 1. The zero-order valence-electron chi connectivity index (χ0n) is 9.50. The zero-order valence-corrected chi connectivity index (χ0v) is 9.50. The van der Waals surface area contributed by atoms with Gasteiger partial charge in [-0.15, -0.1) is 0 Å². The van der Waals surface area contributed by atoms with E-state index in [1.54, 1.807) is 13.8 Å². The van der Waals surface area contributed by atoms with E-state index < -0.39 is 17.3 Å². The van der Waals surface area contributed by atoms with E-state index in [-0.39, 0.29) is 5.69 Å². The number of carbonyl (C=O) groups excluding carboxylic acids is 1. The van der Waals surface area contributed by atoms with E-state index in [4.69, 9.17) is 10.5 Å². The third-order valence-corrected chi connectivity index (χ3v) is 2.30. The van der Waals surface area contributed by atoms with E-state index >= 15 is 0 Å². The Morgan fingerprint density at radius 1 is 1.50 bits per heavy atom. The third kappa shape index (κ3) is 2.70. The lowest BCUT2D eigenvalue weighted by Gasteiger charge is -2.21. The first kappa shape index (κ1) is 12.4. The molecule has 1 rings (SSSR count). The summed E-state index contributed by atoms with van der Waals surface area (Å²) in [4.78, 5) is 11.7. The number of amides is 1. The Morgan fingerprint density at radius 3 is 2.69 bits per heavy atom. The fourth-order valence-corrected chi connectivity index (χ4v) is 1.00. The molecule has 0 heterocycles. The van der Waals surface area contributed by atoms with Crippen LogP contribution in [0.25, 0.3) is 0 Å². The van der Waals surface area contributed by atoms with Crippen molar-refractivity contribution in [1.29, 1.82) is 0 Å². The van der Waals surface area contributed by atoms with Crippen LogP contribution in [0.2, 0.25) is 0 Å². The van der Waals surface area contributed by atoms with Gasteiger partial charge >= 0.3 is 0 Å². The van der Waals surface area contributed by atoms with Gasteiger partial charge in [0.25, 0.3) is 5.91 Å². The van der Waals surface area contributed by atoms with E-state index in [2.05, 4.69) is 5.32 Å². The molecule has 16 heavy (non-hydrogen) atoms. The van der Waals surface area contributed by atoms with Crippen molar-refractivity contribution in [2.45, 2.75) is 19.4 Å². The Bertz CT molecular complexity index is 405. The predicted molar refractivity (Wildman–Crippen MR) is 60.5 cm³/mol. The van der Waals surface area contributed by atoms with Gasteiger partial charge in [-0.25, -0.2) is 4.39 Å². The lowest BCUT2D eigenvalue weighted by Crippen LogP contribution is -2.39. The molecule has 4 nitrogen and oxygen atoms in total. The Labute approximate surface area is 93.6 Å². The summed E-state index contributed by atoms with van der Waals surface area (Å²) >= 11 is 0. The second-order valence-electron chi connectivity index (χ2n) is 3.91. The van der Waals surface area contributed by atoms with Crippen LogP contribution in [-0.2, 0) is 9.53 Å². The summed E-state index contributed by atoms with van der Waals surface area (Å²) in [6.07, 6.45) is 0. The minimum atomic E-state index is -1.02. The van der Waals surface area contributed by atoms with Crippen LogP contribution in [-0.4, -0.2) is 18.6 Å². The summed E-state index contributed by atoms with van der Waals surface area (Å²) in [5.41, 5.74) is 4.91. The number of nitrogens with two attached hydrogens (primary N) is 1. The molecular formula is C11H15FN2O2. The highest BCUT2D eigenvalue weighted by molar-refractivity contribution is 5.97. The van der Waals surface area contributed by atoms with Gasteiger partial charge < -0.3 is 15.8 Å². The maximum absolute atomic E-state index is 13.3. The number of nitrogen functional groups attached to an aromatic ring is 1. The Kier molecular flexibility index (Phi) is 3.49. The van der Waals surface area contributed by atoms with Gasteiger partial charge in [0.2, 0.25) is 0 Å². The van der Waals surface area contributed by atoms with Crippen molar-refractivity contribution in [3.63, 3.8) is 0 Å². The summed E-state index contributed by atoms with van der Waals surface area (Å²) in [6.45, 7) is 3.18. The van der Waals surface area contributed by atoms with Crippen LogP contribution >= 0.6 is 0 Å². The van der Waals surface area contributed by atoms with Gasteiger partial charge in [0.1, 0.15) is 11.4 Å². The summed E-state index contributed by atoms with van der Waals surface area (Å²) in [5.74, 6) is -0.964. The first-order valence-electron chi connectivity index (χ1n) is 4.78. The Morgan fingerprint density at radius 2 is 2.12 bits per heavy atom. The van der Waals surface area contributed by atoms with E-state index in [9.17, 15) is 9.18 Å². The van der Waals surface area contributed by atoms with Gasteiger partial charge in [-0.1, -0.05) is 0 Å². The average Bonchev–Trinajstić information content (AvgIpc) is 2.23. The third-order valence-electron chi connectivity index (χ3n) is 2.30. The highest BCUT2D eigenvalue weighted by atomic mass is 19.1. The molecule has 1 amide bonds. The smallest absolute Gasteiger partial charge is 0.256 e. The maximum Gasteiger partial charge on any atom is 0.256 e. The first-order chi connectivity index (χ1) is 7.36. The van der Waals surface area contributed by atoms with Crippen LogP contribution in [0.15, 0.2) is 18.2 Å². The number of ether oxygens (including phenoxy) is 1. The minimum absolute atomic E-state index is 0.0510. The molecule has 88 valence electrons. The topological polar surface area (TPSA) is 64.3 Å². The maximum atomic E-state index is 13.3. The molecule has 0 radical (unpaired) electrons. The summed E-state index contributed by atoms with van der Waals surface area (Å²) in [7, 11) is 1.41. The first-order valence-corrected chi connectivity index (χ1v) is 4.78. The fourth-order valence-electron chi connectivity index (χ4n) is 1.00. The molecule has 0 spiro atoms. The van der Waals surface area contributed by atoms with Crippen LogP contribution in [0.5, 0.6) is 0 Å². The molecule has 0 aliphatic carbocycles. The van der Waals surface area contributed by atoms with Crippen LogP contribution in [0, 0.1) is 5.82 Å². The zero-order chi connectivity index (χ0) is 12.3. The number of benzene rings is 1. The molecule has 1 aromatic rings. The molecule has 0 bridgehead atoms. The van der Waals surface area contributed by atoms with Gasteiger partial charge in [-0.3, -0.25) is 4.79 Å². The van der Waals surface area contributed by atoms with E-state index in [0.29, 0.717) is 5.69 Å². The number of hydrogen-bond acceptors (Lipinski definition) is 3. The minimum Gasteiger partial charge on any atom is -0.399 e. The van der Waals surface area contributed by atoms with Crippen LogP contribution in [0.1, 0.15) is 13.8 Å². The normalized spacial score (nSPS) is 11.2. The molecule has 3 N–H and O–H groups in total. The molecule has 5 heteroatoms. The van der Waals surface area contributed by atoms with Crippen molar-refractivity contribution in [3.05, 3.63) is 24.0 Å². The molecule has 0 fully saturated rings. The molecule has 0 unspecified atom stereocenters. The van der Waals surface area contributed by atoms with Gasteiger partial charge in [-0.2, -0.15) is 0 Å². The molecule has 0 atom stereocenters.